The van der Waals surface area contributed by atoms with Crippen molar-refractivity contribution in [1.82, 2.24) is 15.3 Å². The molecule has 0 atom stereocenters. The smallest absolute Gasteiger partial charge is 0.267 e. The van der Waals surface area contributed by atoms with E-state index in [4.69, 9.17) is 11.6 Å². The fourth-order valence-electron chi connectivity index (χ4n) is 3.60. The summed E-state index contributed by atoms with van der Waals surface area (Å²) in [6.45, 7) is 2.37. The molecule has 2 N–H and O–H groups in total. The Hall–Kier alpha value is -3.12. The average molecular weight is 409 g/mol. The van der Waals surface area contributed by atoms with Gasteiger partial charge in [-0.25, -0.2) is 5.01 Å². The van der Waals surface area contributed by atoms with Crippen LogP contribution in [-0.4, -0.2) is 34.6 Å². The average Bonchev–Trinajstić information content (AvgIpc) is 3.05. The Labute approximate surface area is 173 Å². The van der Waals surface area contributed by atoms with Crippen LogP contribution in [0.2, 0.25) is 5.02 Å². The number of halogens is 1. The molecule has 0 fully saturated rings. The highest BCUT2D eigenvalue weighted by molar-refractivity contribution is 6.39. The third kappa shape index (κ3) is 3.76. The van der Waals surface area contributed by atoms with Gasteiger partial charge in [0.2, 0.25) is 5.91 Å². The fourth-order valence-corrected chi connectivity index (χ4v) is 3.84. The standard InChI is InChI=1S/C22H21ClN4O2/c1-13-17-11-16(23)10-15(21(17)25-20(13)14-6-4-3-5-7-14)12-24-22(29)18-8-9-19(28)27(2)26-18/h3-7,10-11,25H,8-9,12H2,1-2H3,(H,24,29). The highest BCUT2D eigenvalue weighted by atomic mass is 35.5. The minimum Gasteiger partial charge on any atom is -0.354 e. The number of hydrazone groups is 1. The van der Waals surface area contributed by atoms with Crippen molar-refractivity contribution >= 4 is 40.0 Å². The number of nitrogens with one attached hydrogen (secondary N) is 2. The molecule has 4 rings (SSSR count). The van der Waals surface area contributed by atoms with Crippen molar-refractivity contribution in [2.45, 2.75) is 26.3 Å². The molecule has 0 bridgehead atoms. The molecule has 1 aliphatic rings. The predicted molar refractivity (Wildman–Crippen MR) is 115 cm³/mol. The van der Waals surface area contributed by atoms with Gasteiger partial charge in [-0.3, -0.25) is 9.59 Å². The van der Waals surface area contributed by atoms with Gasteiger partial charge in [0.05, 0.1) is 5.52 Å². The second kappa shape index (κ2) is 7.72. The van der Waals surface area contributed by atoms with E-state index in [-0.39, 0.29) is 11.8 Å². The monoisotopic (exact) mass is 408 g/mol. The Bertz CT molecular complexity index is 1130. The molecule has 29 heavy (non-hydrogen) atoms. The summed E-state index contributed by atoms with van der Waals surface area (Å²) in [5, 5.41) is 9.84. The molecule has 1 aromatic heterocycles. The lowest BCUT2D eigenvalue weighted by atomic mass is 10.1. The van der Waals surface area contributed by atoms with Gasteiger partial charge in [0.15, 0.2) is 0 Å². The first-order valence-electron chi connectivity index (χ1n) is 9.42. The van der Waals surface area contributed by atoms with Gasteiger partial charge in [0, 0.05) is 42.5 Å². The lowest BCUT2D eigenvalue weighted by Gasteiger charge is -2.19. The van der Waals surface area contributed by atoms with Gasteiger partial charge in [0.1, 0.15) is 5.71 Å². The minimum atomic E-state index is -0.274. The SMILES string of the molecule is Cc1c(-c2ccccc2)[nH]c2c(CNC(=O)C3=NN(C)C(=O)CC3)cc(Cl)cc12. The van der Waals surface area contributed by atoms with Crippen LogP contribution in [0.3, 0.4) is 0 Å². The maximum atomic E-state index is 12.5. The summed E-state index contributed by atoms with van der Waals surface area (Å²) < 4.78 is 0. The number of amides is 2. The number of hydrogen-bond donors (Lipinski definition) is 2. The van der Waals surface area contributed by atoms with E-state index < -0.39 is 0 Å². The second-order valence-corrected chi connectivity index (χ2v) is 7.56. The van der Waals surface area contributed by atoms with Crippen molar-refractivity contribution in [1.29, 1.82) is 0 Å². The molecular weight excluding hydrogens is 388 g/mol. The molecule has 3 aromatic rings. The van der Waals surface area contributed by atoms with E-state index in [2.05, 4.69) is 34.5 Å². The highest BCUT2D eigenvalue weighted by Crippen LogP contribution is 2.33. The zero-order valence-corrected chi connectivity index (χ0v) is 17.0. The molecule has 0 radical (unpaired) electrons. The molecule has 148 valence electrons. The molecule has 0 spiro atoms. The van der Waals surface area contributed by atoms with E-state index in [1.807, 2.05) is 30.3 Å². The predicted octanol–water partition coefficient (Wildman–Crippen LogP) is 4.02. The number of carbonyl (C=O) groups is 2. The van der Waals surface area contributed by atoms with Crippen LogP contribution in [0.25, 0.3) is 22.2 Å². The maximum absolute atomic E-state index is 12.5. The molecule has 2 aromatic carbocycles. The maximum Gasteiger partial charge on any atom is 0.267 e. The summed E-state index contributed by atoms with van der Waals surface area (Å²) in [5.41, 5.74) is 5.44. The minimum absolute atomic E-state index is 0.0894. The molecular formula is C22H21ClN4O2. The van der Waals surface area contributed by atoms with E-state index in [1.54, 1.807) is 7.05 Å². The molecule has 7 heteroatoms. The lowest BCUT2D eigenvalue weighted by molar-refractivity contribution is -0.130. The Morgan fingerprint density at radius 1 is 1.24 bits per heavy atom. The van der Waals surface area contributed by atoms with Crippen molar-refractivity contribution in [2.24, 2.45) is 5.10 Å². The van der Waals surface area contributed by atoms with Crippen LogP contribution in [0, 0.1) is 6.92 Å². The van der Waals surface area contributed by atoms with Crippen molar-refractivity contribution in [3.63, 3.8) is 0 Å². The first-order valence-corrected chi connectivity index (χ1v) is 9.80. The van der Waals surface area contributed by atoms with Crippen LogP contribution in [-0.2, 0) is 16.1 Å². The summed E-state index contributed by atoms with van der Waals surface area (Å²) in [5.74, 6) is -0.363. The largest absolute Gasteiger partial charge is 0.354 e. The van der Waals surface area contributed by atoms with Crippen LogP contribution in [0.5, 0.6) is 0 Å². The Morgan fingerprint density at radius 2 is 2.00 bits per heavy atom. The van der Waals surface area contributed by atoms with Crippen LogP contribution in [0.15, 0.2) is 47.6 Å². The summed E-state index contributed by atoms with van der Waals surface area (Å²) >= 11 is 6.36. The van der Waals surface area contributed by atoms with Crippen molar-refractivity contribution in [2.75, 3.05) is 7.05 Å². The van der Waals surface area contributed by atoms with Crippen molar-refractivity contribution in [3.05, 3.63) is 58.6 Å². The third-order valence-corrected chi connectivity index (χ3v) is 5.40. The summed E-state index contributed by atoms with van der Waals surface area (Å²) in [4.78, 5) is 27.6. The summed E-state index contributed by atoms with van der Waals surface area (Å²) in [6, 6.07) is 13.9. The fraction of sp³-hybridized carbons (Fsp3) is 0.227. The number of aromatic nitrogens is 1. The van der Waals surface area contributed by atoms with E-state index in [9.17, 15) is 9.59 Å². The molecule has 0 aliphatic carbocycles. The first kappa shape index (κ1) is 19.2. The van der Waals surface area contributed by atoms with E-state index in [0.717, 1.165) is 33.3 Å². The number of aryl methyl sites for hydroxylation is 1. The molecule has 0 saturated carbocycles. The summed E-state index contributed by atoms with van der Waals surface area (Å²) in [7, 11) is 1.56. The lowest BCUT2D eigenvalue weighted by Crippen LogP contribution is -2.37. The second-order valence-electron chi connectivity index (χ2n) is 7.13. The number of nitrogens with zero attached hydrogens (tertiary/aromatic N) is 2. The Morgan fingerprint density at radius 3 is 2.72 bits per heavy atom. The van der Waals surface area contributed by atoms with Gasteiger partial charge in [-0.1, -0.05) is 41.9 Å². The quantitative estimate of drug-likeness (QED) is 0.683. The Balaban J connectivity index is 1.63. The number of benzene rings is 2. The number of hydrogen-bond acceptors (Lipinski definition) is 3. The van der Waals surface area contributed by atoms with Gasteiger partial charge in [-0.05, 0) is 35.7 Å². The highest BCUT2D eigenvalue weighted by Gasteiger charge is 2.22. The molecule has 2 heterocycles. The number of carbonyl (C=O) groups excluding carboxylic acids is 2. The zero-order chi connectivity index (χ0) is 20.5. The van der Waals surface area contributed by atoms with Gasteiger partial charge >= 0.3 is 0 Å². The molecule has 0 unspecified atom stereocenters. The third-order valence-electron chi connectivity index (χ3n) is 5.19. The van der Waals surface area contributed by atoms with Crippen LogP contribution in [0.4, 0.5) is 0 Å². The van der Waals surface area contributed by atoms with E-state index >= 15 is 0 Å². The molecule has 1 aliphatic heterocycles. The van der Waals surface area contributed by atoms with E-state index in [0.29, 0.717) is 30.1 Å². The van der Waals surface area contributed by atoms with Crippen molar-refractivity contribution in [3.8, 4) is 11.3 Å². The van der Waals surface area contributed by atoms with Gasteiger partial charge in [0.25, 0.3) is 5.91 Å². The van der Waals surface area contributed by atoms with Crippen LogP contribution >= 0.6 is 11.6 Å². The van der Waals surface area contributed by atoms with Gasteiger partial charge in [-0.2, -0.15) is 5.10 Å². The van der Waals surface area contributed by atoms with Crippen LogP contribution in [0.1, 0.15) is 24.0 Å². The molecule has 0 saturated heterocycles. The Kier molecular flexibility index (Phi) is 5.11. The first-order chi connectivity index (χ1) is 13.9. The number of H-pyrrole nitrogens is 1. The van der Waals surface area contributed by atoms with Crippen molar-refractivity contribution < 1.29 is 9.59 Å². The van der Waals surface area contributed by atoms with Gasteiger partial charge < -0.3 is 10.3 Å². The topological polar surface area (TPSA) is 77.6 Å². The summed E-state index contributed by atoms with van der Waals surface area (Å²) in [6.07, 6.45) is 0.639. The van der Waals surface area contributed by atoms with Gasteiger partial charge in [-0.15, -0.1) is 0 Å². The molecule has 2 amide bonds. The van der Waals surface area contributed by atoms with Crippen LogP contribution < -0.4 is 5.32 Å². The number of aromatic amines is 1. The number of rotatable bonds is 4. The molecule has 6 nitrogen and oxygen atoms in total. The van der Waals surface area contributed by atoms with E-state index in [1.165, 1.54) is 5.01 Å². The normalized spacial score (nSPS) is 14.2. The number of fused-ring (bicyclic) bond motifs is 1. The zero-order valence-electron chi connectivity index (χ0n) is 16.3.